The van der Waals surface area contributed by atoms with Crippen LogP contribution in [0.15, 0.2) is 60.7 Å². The highest BCUT2D eigenvalue weighted by Crippen LogP contribution is 2.27. The van der Waals surface area contributed by atoms with Crippen molar-refractivity contribution in [1.29, 1.82) is 0 Å². The van der Waals surface area contributed by atoms with Crippen LogP contribution in [-0.2, 0) is 22.2 Å². The van der Waals surface area contributed by atoms with Crippen LogP contribution in [-0.4, -0.2) is 37.9 Å². The molecule has 0 spiro atoms. The van der Waals surface area contributed by atoms with Crippen molar-refractivity contribution in [2.45, 2.75) is 59.4 Å². The summed E-state index contributed by atoms with van der Waals surface area (Å²) in [7, 11) is 1.14. The number of carbonyl (C=O) groups excluding carboxylic acids is 1. The van der Waals surface area contributed by atoms with E-state index in [4.69, 9.17) is 14.0 Å². The second kappa shape index (κ2) is 12.0. The van der Waals surface area contributed by atoms with Crippen molar-refractivity contribution in [1.82, 2.24) is 4.57 Å². The molecule has 4 rings (SSSR count). The molecule has 0 unspecified atom stereocenters. The molecule has 1 fully saturated rings. The molecule has 1 aliphatic rings. The number of hydrogen-bond acceptors (Lipinski definition) is 4. The minimum atomic E-state index is -0.463. The van der Waals surface area contributed by atoms with Crippen LogP contribution in [0.4, 0.5) is 5.69 Å². The lowest BCUT2D eigenvalue weighted by Crippen LogP contribution is -2.47. The van der Waals surface area contributed by atoms with Gasteiger partial charge in [0.15, 0.2) is 0 Å². The van der Waals surface area contributed by atoms with Gasteiger partial charge in [-0.15, -0.1) is 0 Å². The van der Waals surface area contributed by atoms with Crippen LogP contribution in [0.3, 0.4) is 0 Å². The molecule has 0 aliphatic carbocycles. The number of anilines is 1. The molecule has 0 bridgehead atoms. The number of methoxy groups -OCH3 is 1. The normalized spacial score (nSPS) is 15.9. The second-order valence-electron chi connectivity index (χ2n) is 10.7. The fourth-order valence-corrected chi connectivity index (χ4v) is 4.74. The van der Waals surface area contributed by atoms with Crippen molar-refractivity contribution in [3.05, 3.63) is 77.6 Å². The van der Waals surface area contributed by atoms with Crippen LogP contribution in [0, 0.1) is 5.41 Å². The number of nitrogens with zero attached hydrogens (tertiary/aromatic N) is 1. The maximum Gasteiger partial charge on any atom is 0.493 e. The first-order valence-corrected chi connectivity index (χ1v) is 13.3. The lowest BCUT2D eigenvalue weighted by atomic mass is 9.75. The molecule has 1 saturated heterocycles. The quantitative estimate of drug-likeness (QED) is 0.364. The lowest BCUT2D eigenvalue weighted by Gasteiger charge is -2.33. The van der Waals surface area contributed by atoms with Gasteiger partial charge in [-0.1, -0.05) is 57.2 Å². The predicted octanol–water partition coefficient (Wildman–Crippen LogP) is 5.66. The van der Waals surface area contributed by atoms with E-state index in [1.165, 1.54) is 11.3 Å². The summed E-state index contributed by atoms with van der Waals surface area (Å²) in [5.74, 6) is 0.439. The molecule has 2 heterocycles. The Kier molecular flexibility index (Phi) is 8.77. The van der Waals surface area contributed by atoms with E-state index in [-0.39, 0.29) is 17.4 Å². The number of ether oxygens (including phenoxy) is 1. The van der Waals surface area contributed by atoms with E-state index >= 15 is 0 Å². The zero-order valence-corrected chi connectivity index (χ0v) is 22.8. The molecule has 1 aromatic heterocycles. The van der Waals surface area contributed by atoms with E-state index in [0.717, 1.165) is 31.1 Å². The van der Waals surface area contributed by atoms with Gasteiger partial charge in [0.25, 0.3) is 5.91 Å². The molecule has 0 saturated carbocycles. The Morgan fingerprint density at radius 3 is 2.49 bits per heavy atom. The van der Waals surface area contributed by atoms with Gasteiger partial charge < -0.3 is 23.9 Å². The second-order valence-corrected chi connectivity index (χ2v) is 10.7. The van der Waals surface area contributed by atoms with Crippen molar-refractivity contribution in [3.63, 3.8) is 0 Å². The molecule has 6 nitrogen and oxygen atoms in total. The number of carbonyl (C=O) groups is 1. The number of rotatable bonds is 10. The Labute approximate surface area is 221 Å². The molecule has 1 amide bonds. The van der Waals surface area contributed by atoms with E-state index in [1.807, 2.05) is 30.3 Å². The van der Waals surface area contributed by atoms with Gasteiger partial charge in [-0.25, -0.2) is 0 Å². The van der Waals surface area contributed by atoms with E-state index in [0.29, 0.717) is 30.3 Å². The highest BCUT2D eigenvalue weighted by Gasteiger charge is 2.34. The number of nitrogens with one attached hydrogen (secondary N) is 1. The van der Waals surface area contributed by atoms with E-state index in [1.54, 1.807) is 7.11 Å². The number of amides is 1. The minimum Gasteiger partial charge on any atom is -0.495 e. The summed E-state index contributed by atoms with van der Waals surface area (Å²) in [6.07, 6.45) is 3.89. The van der Waals surface area contributed by atoms with Crippen LogP contribution in [0.1, 0.15) is 68.3 Å². The third-order valence-corrected chi connectivity index (χ3v) is 7.00. The zero-order chi connectivity index (χ0) is 26.4. The average Bonchev–Trinajstić information content (AvgIpc) is 3.33. The maximum atomic E-state index is 13.6. The highest BCUT2D eigenvalue weighted by molar-refractivity contribution is 6.61. The Hall–Kier alpha value is -3.03. The van der Waals surface area contributed by atoms with E-state index in [9.17, 15) is 4.79 Å². The van der Waals surface area contributed by atoms with Gasteiger partial charge in [-0.05, 0) is 67.9 Å². The van der Waals surface area contributed by atoms with Gasteiger partial charge in [-0.2, -0.15) is 0 Å². The monoisotopic (exact) mass is 502 g/mol. The fourth-order valence-electron chi connectivity index (χ4n) is 4.74. The summed E-state index contributed by atoms with van der Waals surface area (Å²) in [5, 5.41) is 3.09. The molecule has 1 N–H and O–H groups in total. The third kappa shape index (κ3) is 6.65. The highest BCUT2D eigenvalue weighted by atomic mass is 16.6. The topological polar surface area (TPSA) is 61.7 Å². The summed E-state index contributed by atoms with van der Waals surface area (Å²) in [5.41, 5.74) is 4.62. The van der Waals surface area contributed by atoms with Crippen LogP contribution in [0.25, 0.3) is 0 Å². The molecule has 1 aliphatic heterocycles. The summed E-state index contributed by atoms with van der Waals surface area (Å²) < 4.78 is 19.7. The molecular formula is C30H39BN2O4. The van der Waals surface area contributed by atoms with Crippen molar-refractivity contribution in [2.24, 2.45) is 5.41 Å². The van der Waals surface area contributed by atoms with E-state index in [2.05, 4.69) is 67.9 Å². The van der Waals surface area contributed by atoms with Crippen LogP contribution in [0.5, 0.6) is 5.75 Å². The van der Waals surface area contributed by atoms with Gasteiger partial charge in [0.2, 0.25) is 0 Å². The lowest BCUT2D eigenvalue weighted by molar-refractivity contribution is 0.0343. The van der Waals surface area contributed by atoms with Gasteiger partial charge in [0.05, 0.1) is 12.8 Å². The minimum absolute atomic E-state index is 0.0137. The Balaban J connectivity index is 1.51. The molecule has 7 heteroatoms. The molecular weight excluding hydrogens is 463 g/mol. The maximum absolute atomic E-state index is 13.6. The van der Waals surface area contributed by atoms with Gasteiger partial charge >= 0.3 is 7.12 Å². The molecule has 196 valence electrons. The fraction of sp³-hybridized carbons (Fsp3) is 0.433. The average molecular weight is 502 g/mol. The van der Waals surface area contributed by atoms with Gasteiger partial charge in [-0.3, -0.25) is 4.79 Å². The first-order chi connectivity index (χ1) is 17.8. The number of aryl methyl sites for hydroxylation is 2. The van der Waals surface area contributed by atoms with Crippen LogP contribution >= 0.6 is 0 Å². The standard InChI is InChI=1S/C30H39BN2O4/c1-6-22(2)33-25(14-10-13-23-11-8-7-9-12-23)16-17-27(33)29(34)32-26-19-24(15-18-28(26)35-5)31-36-20-30(3,4)21-37-31/h7-9,11-12,15-19,22H,6,10,13-14,20-21H2,1-5H3,(H,32,34)/t22-/m0/s1. The van der Waals surface area contributed by atoms with Crippen LogP contribution in [0.2, 0.25) is 0 Å². The molecule has 1 atom stereocenters. The number of benzene rings is 2. The third-order valence-electron chi connectivity index (χ3n) is 7.00. The van der Waals surface area contributed by atoms with Crippen molar-refractivity contribution < 1.29 is 18.8 Å². The molecule has 37 heavy (non-hydrogen) atoms. The molecule has 2 aromatic carbocycles. The summed E-state index contributed by atoms with van der Waals surface area (Å²) >= 11 is 0. The summed E-state index contributed by atoms with van der Waals surface area (Å²) in [6.45, 7) is 9.77. The number of aromatic nitrogens is 1. The van der Waals surface area contributed by atoms with Crippen molar-refractivity contribution >= 4 is 24.2 Å². The molecule has 3 aromatic rings. The SMILES string of the molecule is CC[C@H](C)n1c(CCCc2ccccc2)ccc1C(=O)Nc1cc(B2OCC(C)(C)CO2)ccc1OC. The van der Waals surface area contributed by atoms with Crippen LogP contribution < -0.4 is 15.5 Å². The zero-order valence-electron chi connectivity index (χ0n) is 22.8. The van der Waals surface area contributed by atoms with Crippen molar-refractivity contribution in [3.8, 4) is 5.75 Å². The smallest absolute Gasteiger partial charge is 0.493 e. The Morgan fingerprint density at radius 2 is 1.81 bits per heavy atom. The largest absolute Gasteiger partial charge is 0.495 e. The Morgan fingerprint density at radius 1 is 1.08 bits per heavy atom. The first kappa shape index (κ1) is 27.0. The first-order valence-electron chi connectivity index (χ1n) is 13.3. The predicted molar refractivity (Wildman–Crippen MR) is 150 cm³/mol. The summed E-state index contributed by atoms with van der Waals surface area (Å²) in [6, 6.07) is 20.4. The molecule has 0 radical (unpaired) electrons. The summed E-state index contributed by atoms with van der Waals surface area (Å²) in [4.78, 5) is 13.6. The van der Waals surface area contributed by atoms with E-state index < -0.39 is 7.12 Å². The number of hydrogen-bond donors (Lipinski definition) is 1. The van der Waals surface area contributed by atoms with Gasteiger partial charge in [0, 0.05) is 30.4 Å². The van der Waals surface area contributed by atoms with Gasteiger partial charge in [0.1, 0.15) is 11.4 Å². The Bertz CT molecular complexity index is 1180. The van der Waals surface area contributed by atoms with Crippen molar-refractivity contribution in [2.75, 3.05) is 25.6 Å².